The van der Waals surface area contributed by atoms with Crippen LogP contribution in [-0.2, 0) is 25.5 Å². The van der Waals surface area contributed by atoms with Crippen LogP contribution >= 0.6 is 0 Å². The summed E-state index contributed by atoms with van der Waals surface area (Å²) in [6.07, 6.45) is 7.99. The molecule has 2 heterocycles. The number of hydrogen-bond donors (Lipinski definition) is 2. The Morgan fingerprint density at radius 1 is 0.974 bits per heavy atom. The van der Waals surface area contributed by atoms with Gasteiger partial charge in [0.15, 0.2) is 0 Å². The van der Waals surface area contributed by atoms with Crippen LogP contribution in [0.25, 0.3) is 0 Å². The van der Waals surface area contributed by atoms with Crippen LogP contribution in [0.3, 0.4) is 0 Å². The van der Waals surface area contributed by atoms with E-state index in [0.717, 1.165) is 24.0 Å². The van der Waals surface area contributed by atoms with Crippen LogP contribution in [0.4, 0.5) is 0 Å². The monoisotopic (exact) mass is 518 g/mol. The van der Waals surface area contributed by atoms with Crippen LogP contribution in [-0.4, -0.2) is 53.6 Å². The van der Waals surface area contributed by atoms with Gasteiger partial charge in [-0.05, 0) is 49.7 Å². The molecule has 7 nitrogen and oxygen atoms in total. The SMILES string of the molecule is O=C1N[C@@H](c2ccccc2)COC(=O)[C@@H](Cc2ccccc2)CCC=CC[C@@H]1CC(=O)N1CCC[C@H]1CO. The zero-order valence-corrected chi connectivity index (χ0v) is 21.8. The number of amides is 2. The van der Waals surface area contributed by atoms with Gasteiger partial charge in [-0.2, -0.15) is 0 Å². The van der Waals surface area contributed by atoms with Gasteiger partial charge in [-0.1, -0.05) is 72.8 Å². The molecule has 202 valence electrons. The van der Waals surface area contributed by atoms with Gasteiger partial charge in [0.25, 0.3) is 0 Å². The maximum atomic E-state index is 13.5. The summed E-state index contributed by atoms with van der Waals surface area (Å²) >= 11 is 0. The van der Waals surface area contributed by atoms with Crippen molar-refractivity contribution in [3.05, 3.63) is 83.9 Å². The maximum Gasteiger partial charge on any atom is 0.309 e. The Hall–Kier alpha value is -3.45. The Morgan fingerprint density at radius 3 is 2.45 bits per heavy atom. The van der Waals surface area contributed by atoms with Crippen LogP contribution in [0.5, 0.6) is 0 Å². The average Bonchev–Trinajstić information content (AvgIpc) is 3.43. The summed E-state index contributed by atoms with van der Waals surface area (Å²) in [5, 5.41) is 12.7. The highest BCUT2D eigenvalue weighted by atomic mass is 16.5. The van der Waals surface area contributed by atoms with Crippen LogP contribution < -0.4 is 5.32 Å². The Bertz CT molecular complexity index is 1090. The second kappa shape index (κ2) is 13.9. The summed E-state index contributed by atoms with van der Waals surface area (Å²) in [5.41, 5.74) is 1.92. The molecule has 0 aliphatic carbocycles. The lowest BCUT2D eigenvalue weighted by atomic mass is 9.94. The number of benzene rings is 2. The normalized spacial score (nSPS) is 25.0. The van der Waals surface area contributed by atoms with Crippen LogP contribution in [0, 0.1) is 11.8 Å². The fourth-order valence-electron chi connectivity index (χ4n) is 5.32. The molecular weight excluding hydrogens is 480 g/mol. The molecular formula is C31H38N2O5. The highest BCUT2D eigenvalue weighted by Gasteiger charge is 2.32. The highest BCUT2D eigenvalue weighted by Crippen LogP contribution is 2.24. The standard InChI is InChI=1S/C31H38N2O5/c34-21-27-17-10-18-33(27)29(35)20-25-15-8-3-9-16-26(19-23-11-4-1-5-12-23)31(37)38-22-28(32-30(25)36)24-13-6-2-7-14-24/h1-8,11-14,25-28,34H,9-10,15-22H2,(H,32,36)/t25-,26-,27+,28-/m1/s1. The van der Waals surface area contributed by atoms with E-state index in [9.17, 15) is 19.5 Å². The molecule has 0 unspecified atom stereocenters. The Balaban J connectivity index is 1.53. The fraction of sp³-hybridized carbons (Fsp3) is 0.452. The number of ether oxygens (including phenoxy) is 1. The summed E-state index contributed by atoms with van der Waals surface area (Å²) in [5.74, 6) is -1.47. The van der Waals surface area contributed by atoms with E-state index in [4.69, 9.17) is 4.74 Å². The number of carbonyl (C=O) groups is 3. The lowest BCUT2D eigenvalue weighted by molar-refractivity contribution is -0.150. The van der Waals surface area contributed by atoms with Crippen molar-refractivity contribution >= 4 is 17.8 Å². The van der Waals surface area contributed by atoms with E-state index in [-0.39, 0.29) is 49.4 Å². The molecule has 2 aliphatic heterocycles. The average molecular weight is 519 g/mol. The lowest BCUT2D eigenvalue weighted by Crippen LogP contribution is -2.42. The summed E-state index contributed by atoms with van der Waals surface area (Å²) in [6.45, 7) is 0.570. The van der Waals surface area contributed by atoms with E-state index in [2.05, 4.69) is 5.32 Å². The molecule has 0 aromatic heterocycles. The number of nitrogens with one attached hydrogen (secondary N) is 1. The zero-order chi connectivity index (χ0) is 26.7. The van der Waals surface area contributed by atoms with Gasteiger partial charge in [-0.15, -0.1) is 0 Å². The second-order valence-electron chi connectivity index (χ2n) is 10.2. The number of rotatable bonds is 6. The molecule has 1 saturated heterocycles. The third-order valence-electron chi connectivity index (χ3n) is 7.54. The number of aliphatic hydroxyl groups is 1. The van der Waals surface area contributed by atoms with E-state index in [1.165, 1.54) is 0 Å². The van der Waals surface area contributed by atoms with E-state index in [1.54, 1.807) is 4.90 Å². The van der Waals surface area contributed by atoms with Crippen LogP contribution in [0.1, 0.15) is 55.7 Å². The molecule has 0 spiro atoms. The largest absolute Gasteiger partial charge is 0.463 e. The van der Waals surface area contributed by atoms with Gasteiger partial charge in [-0.3, -0.25) is 14.4 Å². The second-order valence-corrected chi connectivity index (χ2v) is 10.2. The molecule has 0 saturated carbocycles. The van der Waals surface area contributed by atoms with Crippen molar-refractivity contribution in [2.45, 2.75) is 57.0 Å². The quantitative estimate of drug-likeness (QED) is 0.446. The molecule has 0 radical (unpaired) electrons. The van der Waals surface area contributed by atoms with Gasteiger partial charge >= 0.3 is 5.97 Å². The number of aliphatic hydroxyl groups excluding tert-OH is 1. The van der Waals surface area contributed by atoms with Gasteiger partial charge < -0.3 is 20.1 Å². The summed E-state index contributed by atoms with van der Waals surface area (Å²) in [6, 6.07) is 18.7. The van der Waals surface area contributed by atoms with Crippen molar-refractivity contribution in [2.75, 3.05) is 19.8 Å². The maximum absolute atomic E-state index is 13.5. The van der Waals surface area contributed by atoms with Gasteiger partial charge in [-0.25, -0.2) is 0 Å². The molecule has 0 bridgehead atoms. The predicted octanol–water partition coefficient (Wildman–Crippen LogP) is 3.98. The predicted molar refractivity (Wildman–Crippen MR) is 145 cm³/mol. The van der Waals surface area contributed by atoms with Crippen molar-refractivity contribution < 1.29 is 24.2 Å². The van der Waals surface area contributed by atoms with Gasteiger partial charge in [0.1, 0.15) is 6.61 Å². The molecule has 2 aliphatic rings. The molecule has 7 heteroatoms. The summed E-state index contributed by atoms with van der Waals surface area (Å²) < 4.78 is 5.80. The highest BCUT2D eigenvalue weighted by molar-refractivity contribution is 5.86. The topological polar surface area (TPSA) is 95.9 Å². The van der Waals surface area contributed by atoms with E-state index >= 15 is 0 Å². The Labute approximate surface area is 224 Å². The van der Waals surface area contributed by atoms with Crippen molar-refractivity contribution in [1.29, 1.82) is 0 Å². The van der Waals surface area contributed by atoms with Crippen molar-refractivity contribution in [2.24, 2.45) is 11.8 Å². The van der Waals surface area contributed by atoms with Crippen molar-refractivity contribution in [1.82, 2.24) is 10.2 Å². The molecule has 4 rings (SSSR count). The molecule has 38 heavy (non-hydrogen) atoms. The minimum absolute atomic E-state index is 0.0205. The number of nitrogens with zero attached hydrogens (tertiary/aromatic N) is 1. The smallest absolute Gasteiger partial charge is 0.309 e. The molecule has 2 aromatic carbocycles. The molecule has 2 amide bonds. The fourth-order valence-corrected chi connectivity index (χ4v) is 5.32. The van der Waals surface area contributed by atoms with Crippen LogP contribution in [0.2, 0.25) is 0 Å². The minimum Gasteiger partial charge on any atom is -0.463 e. The first-order chi connectivity index (χ1) is 18.5. The van der Waals surface area contributed by atoms with Gasteiger partial charge in [0.2, 0.25) is 11.8 Å². The van der Waals surface area contributed by atoms with E-state index in [0.29, 0.717) is 32.2 Å². The first kappa shape index (κ1) is 27.6. The number of esters is 1. The van der Waals surface area contributed by atoms with E-state index in [1.807, 2.05) is 72.8 Å². The Morgan fingerprint density at radius 2 is 1.71 bits per heavy atom. The molecule has 2 aromatic rings. The van der Waals surface area contributed by atoms with Crippen molar-refractivity contribution in [3.8, 4) is 0 Å². The van der Waals surface area contributed by atoms with Crippen molar-refractivity contribution in [3.63, 3.8) is 0 Å². The number of cyclic esters (lactones) is 1. The number of carbonyl (C=O) groups excluding carboxylic acids is 3. The number of allylic oxidation sites excluding steroid dienone is 2. The van der Waals surface area contributed by atoms with Crippen LogP contribution in [0.15, 0.2) is 72.8 Å². The Kier molecular flexibility index (Phi) is 10.1. The molecule has 4 atom stereocenters. The van der Waals surface area contributed by atoms with E-state index < -0.39 is 12.0 Å². The third kappa shape index (κ3) is 7.54. The number of hydrogen-bond acceptors (Lipinski definition) is 5. The summed E-state index contributed by atoms with van der Waals surface area (Å²) in [7, 11) is 0. The minimum atomic E-state index is -0.554. The summed E-state index contributed by atoms with van der Waals surface area (Å²) in [4.78, 5) is 41.5. The first-order valence-corrected chi connectivity index (χ1v) is 13.7. The molecule has 1 fully saturated rings. The lowest BCUT2D eigenvalue weighted by Gasteiger charge is -2.26. The van der Waals surface area contributed by atoms with Gasteiger partial charge in [0, 0.05) is 13.0 Å². The molecule has 2 N–H and O–H groups in total. The third-order valence-corrected chi connectivity index (χ3v) is 7.54. The number of likely N-dealkylation sites (tertiary alicyclic amines) is 1. The zero-order valence-electron chi connectivity index (χ0n) is 21.8. The van der Waals surface area contributed by atoms with Gasteiger partial charge in [0.05, 0.1) is 30.5 Å². The first-order valence-electron chi connectivity index (χ1n) is 13.7.